The van der Waals surface area contributed by atoms with E-state index in [0.29, 0.717) is 24.9 Å². The zero-order valence-corrected chi connectivity index (χ0v) is 21.8. The lowest BCUT2D eigenvalue weighted by atomic mass is 9.79. The third kappa shape index (κ3) is 8.25. The Hall–Kier alpha value is -3.01. The van der Waals surface area contributed by atoms with Gasteiger partial charge < -0.3 is 25.0 Å². The Morgan fingerprint density at radius 2 is 2.03 bits per heavy atom. The average Bonchev–Trinajstić information content (AvgIpc) is 3.26. The van der Waals surface area contributed by atoms with E-state index in [0.717, 1.165) is 0 Å². The zero-order valence-electron chi connectivity index (χ0n) is 21.8. The van der Waals surface area contributed by atoms with E-state index in [4.69, 9.17) is 4.74 Å². The largest absolute Gasteiger partial charge is 0.453 e. The van der Waals surface area contributed by atoms with Gasteiger partial charge in [-0.25, -0.2) is 13.6 Å². The molecule has 2 amide bonds. The second kappa shape index (κ2) is 12.7. The van der Waals surface area contributed by atoms with Gasteiger partial charge in [-0.3, -0.25) is 9.69 Å². The number of rotatable bonds is 9. The summed E-state index contributed by atoms with van der Waals surface area (Å²) < 4.78 is 32.8. The molecule has 9 nitrogen and oxygen atoms in total. The molecule has 2 fully saturated rings. The maximum Gasteiger partial charge on any atom is 0.453 e. The maximum absolute atomic E-state index is 13.7. The van der Waals surface area contributed by atoms with Crippen LogP contribution in [0.5, 0.6) is 0 Å². The average molecular weight is 532 g/mol. The quantitative estimate of drug-likeness (QED) is 0.254. The highest BCUT2D eigenvalue weighted by atomic mass is 19.3. The molecule has 0 unspecified atom stereocenters. The van der Waals surface area contributed by atoms with Crippen LogP contribution in [0.3, 0.4) is 0 Å². The molecule has 3 rings (SSSR count). The highest BCUT2D eigenvalue weighted by molar-refractivity contribution is 6.41. The number of halogens is 2. The number of nitrogens with one attached hydrogen (secondary N) is 1. The summed E-state index contributed by atoms with van der Waals surface area (Å²) in [4.78, 5) is 28.7. The number of ether oxygens (including phenoxy) is 1. The van der Waals surface area contributed by atoms with Crippen molar-refractivity contribution in [3.05, 3.63) is 47.5 Å². The number of nitriles is 1. The number of alkyl halides is 2. The fourth-order valence-corrected chi connectivity index (χ4v) is 4.92. The van der Waals surface area contributed by atoms with Gasteiger partial charge in [-0.1, -0.05) is 30.3 Å². The van der Waals surface area contributed by atoms with E-state index in [-0.39, 0.29) is 43.9 Å². The molecule has 0 bridgehead atoms. The molecule has 2 heterocycles. The van der Waals surface area contributed by atoms with Gasteiger partial charge in [0.25, 0.3) is 11.8 Å². The summed E-state index contributed by atoms with van der Waals surface area (Å²) >= 11 is 0. The van der Waals surface area contributed by atoms with Gasteiger partial charge in [0.15, 0.2) is 0 Å². The Balaban J connectivity index is 1.57. The van der Waals surface area contributed by atoms with Gasteiger partial charge in [0.05, 0.1) is 19.2 Å². The van der Waals surface area contributed by atoms with Gasteiger partial charge in [-0.2, -0.15) is 5.26 Å². The van der Waals surface area contributed by atoms with Crippen LogP contribution in [0.1, 0.15) is 44.7 Å². The Bertz CT molecular complexity index is 1050. The summed E-state index contributed by atoms with van der Waals surface area (Å²) in [5, 5.41) is 31.1. The number of benzene rings is 1. The van der Waals surface area contributed by atoms with Gasteiger partial charge in [-0.15, -0.1) is 0 Å². The van der Waals surface area contributed by atoms with Crippen LogP contribution >= 0.6 is 0 Å². The summed E-state index contributed by atoms with van der Waals surface area (Å²) in [6.45, 7) is 3.94. The second-order valence-electron chi connectivity index (χ2n) is 10.5. The molecule has 12 heteroatoms. The first-order chi connectivity index (χ1) is 17.9. The predicted molar refractivity (Wildman–Crippen MR) is 137 cm³/mol. The molecular weight excluding hydrogens is 497 g/mol. The van der Waals surface area contributed by atoms with Gasteiger partial charge in [-0.05, 0) is 38.3 Å². The summed E-state index contributed by atoms with van der Waals surface area (Å²) in [6, 6.07) is 10.2. The molecule has 2 atom stereocenters. The normalized spacial score (nSPS) is 20.9. The number of likely N-dealkylation sites (tertiary alicyclic amines) is 2. The molecule has 0 radical (unpaired) electrons. The number of piperidine rings is 1. The SMILES string of the molecule is CC(C)(C=C(C#N)C(=O)N1CCC[C@H](COC(=O)N[C@H](CB(O)O)c2ccccc2)C1)N1CCC(F)(F)C1. The predicted octanol–water partition coefficient (Wildman–Crippen LogP) is 2.73. The van der Waals surface area contributed by atoms with Gasteiger partial charge in [0.1, 0.15) is 11.6 Å². The van der Waals surface area contributed by atoms with Gasteiger partial charge in [0.2, 0.25) is 0 Å². The summed E-state index contributed by atoms with van der Waals surface area (Å²) in [5.41, 5.74) is -0.296. The minimum absolute atomic E-state index is 0.0404. The molecule has 0 spiro atoms. The summed E-state index contributed by atoms with van der Waals surface area (Å²) in [5.74, 6) is -3.41. The number of alkyl carbamates (subject to hydrolysis) is 1. The van der Waals surface area contributed by atoms with Crippen molar-refractivity contribution in [3.63, 3.8) is 0 Å². The van der Waals surface area contributed by atoms with E-state index >= 15 is 0 Å². The molecule has 206 valence electrons. The van der Waals surface area contributed by atoms with Crippen molar-refractivity contribution in [2.24, 2.45) is 5.92 Å². The highest BCUT2D eigenvalue weighted by Crippen LogP contribution is 2.33. The maximum atomic E-state index is 13.7. The van der Waals surface area contributed by atoms with Crippen molar-refractivity contribution < 1.29 is 33.2 Å². The first-order valence-corrected chi connectivity index (χ1v) is 12.8. The standard InChI is InChI=1S/C26H35BF2N4O5/c1-25(2,33-12-10-26(28,29)18-33)13-21(15-30)23(34)32-11-6-7-19(16-32)17-38-24(35)31-22(14-27(36)37)20-8-4-3-5-9-20/h3-5,8-9,13,19,22,36-37H,6-7,10-12,14,16-18H2,1-2H3,(H,31,35)/t19-,22+/m0/s1. The van der Waals surface area contributed by atoms with E-state index in [9.17, 15) is 33.7 Å². The smallest absolute Gasteiger partial charge is 0.449 e. The summed E-state index contributed by atoms with van der Waals surface area (Å²) in [7, 11) is -1.62. The van der Waals surface area contributed by atoms with Crippen molar-refractivity contribution in [3.8, 4) is 6.07 Å². The fraction of sp³-hybridized carbons (Fsp3) is 0.577. The Kier molecular flexibility index (Phi) is 9.87. The first-order valence-electron chi connectivity index (χ1n) is 12.8. The van der Waals surface area contributed by atoms with Crippen molar-refractivity contribution in [2.75, 3.05) is 32.8 Å². The van der Waals surface area contributed by atoms with E-state index in [1.165, 1.54) is 11.0 Å². The number of hydrogen-bond donors (Lipinski definition) is 3. The molecular formula is C26H35BF2N4O5. The van der Waals surface area contributed by atoms with Crippen molar-refractivity contribution >= 4 is 19.1 Å². The molecule has 0 aromatic heterocycles. The molecule has 0 aliphatic carbocycles. The van der Waals surface area contributed by atoms with Crippen molar-refractivity contribution in [1.82, 2.24) is 15.1 Å². The molecule has 3 N–H and O–H groups in total. The van der Waals surface area contributed by atoms with E-state index in [1.807, 2.05) is 12.1 Å². The lowest BCUT2D eigenvalue weighted by Gasteiger charge is -2.35. The van der Waals surface area contributed by atoms with E-state index in [2.05, 4.69) is 5.32 Å². The highest BCUT2D eigenvalue weighted by Gasteiger charge is 2.43. The minimum Gasteiger partial charge on any atom is -0.449 e. The molecule has 0 saturated carbocycles. The van der Waals surface area contributed by atoms with E-state index < -0.39 is 43.2 Å². The lowest BCUT2D eigenvalue weighted by Crippen LogP contribution is -2.45. The van der Waals surface area contributed by atoms with Crippen molar-refractivity contribution in [1.29, 1.82) is 5.26 Å². The van der Waals surface area contributed by atoms with Crippen molar-refractivity contribution in [2.45, 2.75) is 56.9 Å². The Morgan fingerprint density at radius 3 is 2.63 bits per heavy atom. The Morgan fingerprint density at radius 1 is 1.32 bits per heavy atom. The van der Waals surface area contributed by atoms with Crippen LogP contribution in [0.2, 0.25) is 6.32 Å². The molecule has 1 aromatic carbocycles. The molecule has 2 saturated heterocycles. The van der Waals surface area contributed by atoms with Crippen LogP contribution in [0.4, 0.5) is 13.6 Å². The molecule has 2 aliphatic rings. The lowest BCUT2D eigenvalue weighted by molar-refractivity contribution is -0.128. The monoisotopic (exact) mass is 532 g/mol. The minimum atomic E-state index is -2.78. The van der Waals surface area contributed by atoms with Gasteiger partial charge >= 0.3 is 13.2 Å². The summed E-state index contributed by atoms with van der Waals surface area (Å²) in [6.07, 6.45) is 1.75. The van der Waals surface area contributed by atoms with Crippen LogP contribution in [0.15, 0.2) is 42.0 Å². The number of amides is 2. The molecule has 38 heavy (non-hydrogen) atoms. The Labute approximate surface area is 222 Å². The second-order valence-corrected chi connectivity index (χ2v) is 10.5. The first kappa shape index (κ1) is 29.5. The van der Waals surface area contributed by atoms with Crippen LogP contribution in [-0.4, -0.2) is 83.2 Å². The number of carbonyl (C=O) groups excluding carboxylic acids is 2. The number of nitrogens with zero attached hydrogens (tertiary/aromatic N) is 3. The number of hydrogen-bond acceptors (Lipinski definition) is 7. The van der Waals surface area contributed by atoms with Crippen LogP contribution in [0, 0.1) is 17.2 Å². The van der Waals surface area contributed by atoms with Gasteiger partial charge in [0, 0.05) is 43.8 Å². The van der Waals surface area contributed by atoms with Crippen LogP contribution in [-0.2, 0) is 9.53 Å². The topological polar surface area (TPSA) is 126 Å². The van der Waals surface area contributed by atoms with Crippen LogP contribution < -0.4 is 5.32 Å². The molecule has 1 aromatic rings. The fourth-order valence-electron chi connectivity index (χ4n) is 4.92. The van der Waals surface area contributed by atoms with E-state index in [1.54, 1.807) is 43.0 Å². The van der Waals surface area contributed by atoms with Crippen LogP contribution in [0.25, 0.3) is 0 Å². The number of carbonyl (C=O) groups is 2. The third-order valence-electron chi connectivity index (χ3n) is 7.03. The third-order valence-corrected chi connectivity index (χ3v) is 7.03. The molecule has 2 aliphatic heterocycles. The zero-order chi connectivity index (χ0) is 27.9.